The van der Waals surface area contributed by atoms with Gasteiger partial charge in [-0.1, -0.05) is 0 Å². The van der Waals surface area contributed by atoms with E-state index in [0.29, 0.717) is 0 Å². The summed E-state index contributed by atoms with van der Waals surface area (Å²) in [5.74, 6) is 0. The summed E-state index contributed by atoms with van der Waals surface area (Å²) in [6.45, 7) is 0. The zero-order valence-electron chi connectivity index (χ0n) is 5.13. The summed E-state index contributed by atoms with van der Waals surface area (Å²) in [5.41, 5.74) is 0. The fourth-order valence-corrected chi connectivity index (χ4v) is 0. The second-order valence-electron chi connectivity index (χ2n) is 0.448. The van der Waals surface area contributed by atoms with E-state index in [1.807, 2.05) is 0 Å². The molecule has 0 fully saturated rings. The fourth-order valence-electron chi connectivity index (χ4n) is 0. The summed E-state index contributed by atoms with van der Waals surface area (Å²) >= 11 is 0. The SMILES string of the molecule is O=S(=O)(O)O.[Ba+2].[Cu].[H-].[H-]. The van der Waals surface area contributed by atoms with Gasteiger partial charge in [0, 0.05) is 17.1 Å². The van der Waals surface area contributed by atoms with Crippen LogP contribution in [0.25, 0.3) is 0 Å². The minimum absolute atomic E-state index is 0. The fraction of sp³-hybridized carbons (Fsp3) is 0. The van der Waals surface area contributed by atoms with Crippen molar-refractivity contribution in [3.05, 3.63) is 0 Å². The van der Waals surface area contributed by atoms with Gasteiger partial charge in [-0.15, -0.1) is 0 Å². The first kappa shape index (κ1) is 16.0. The summed E-state index contributed by atoms with van der Waals surface area (Å²) < 4.78 is 31.6. The molecule has 0 aliphatic carbocycles. The van der Waals surface area contributed by atoms with Crippen molar-refractivity contribution in [3.8, 4) is 0 Å². The molecule has 0 aliphatic heterocycles. The summed E-state index contributed by atoms with van der Waals surface area (Å²) in [5, 5.41) is 0. The molecule has 4 nitrogen and oxygen atoms in total. The Labute approximate surface area is 95.1 Å². The first-order valence-electron chi connectivity index (χ1n) is 0.698. The standard InChI is InChI=1S/Ba.Cu.H2O4S.2H/c;;1-5(2,3)4;;/h;;(H2,1,2,3,4);;/q+2;;;2*-1. The Morgan fingerprint density at radius 2 is 1.29 bits per heavy atom. The molecular weight excluding hydrogens is 297 g/mol. The van der Waals surface area contributed by atoms with Crippen molar-refractivity contribution < 1.29 is 37.4 Å². The maximum atomic E-state index is 8.74. The predicted molar refractivity (Wildman–Crippen MR) is 22.2 cm³/mol. The largest absolute Gasteiger partial charge is 2.00 e. The Kier molecular flexibility index (Phi) is 13.9. The number of hydrogen-bond acceptors (Lipinski definition) is 2. The summed E-state index contributed by atoms with van der Waals surface area (Å²) in [6.07, 6.45) is 0. The van der Waals surface area contributed by atoms with Gasteiger partial charge in [-0.3, -0.25) is 9.11 Å². The molecule has 0 aliphatic rings. The number of rotatable bonds is 0. The molecule has 0 bridgehead atoms. The van der Waals surface area contributed by atoms with Gasteiger partial charge in [0.15, 0.2) is 0 Å². The van der Waals surface area contributed by atoms with Gasteiger partial charge in [-0.05, 0) is 0 Å². The molecule has 0 saturated carbocycles. The van der Waals surface area contributed by atoms with Crippen molar-refractivity contribution in [1.29, 1.82) is 0 Å². The van der Waals surface area contributed by atoms with Gasteiger partial charge in [-0.2, -0.15) is 8.42 Å². The van der Waals surface area contributed by atoms with Gasteiger partial charge in [0.2, 0.25) is 0 Å². The van der Waals surface area contributed by atoms with Gasteiger partial charge in [-0.25, -0.2) is 0 Å². The minimum Gasteiger partial charge on any atom is -1.00 e. The van der Waals surface area contributed by atoms with E-state index in [2.05, 4.69) is 0 Å². The average molecular weight is 301 g/mol. The van der Waals surface area contributed by atoms with Crippen molar-refractivity contribution in [1.82, 2.24) is 0 Å². The van der Waals surface area contributed by atoms with Crippen molar-refractivity contribution >= 4 is 59.3 Å². The van der Waals surface area contributed by atoms with E-state index in [4.69, 9.17) is 17.5 Å². The third-order valence-electron chi connectivity index (χ3n) is 0. The van der Waals surface area contributed by atoms with E-state index in [-0.39, 0.29) is 68.8 Å². The molecule has 0 spiro atoms. The Bertz CT molecular complexity index is 102. The maximum absolute atomic E-state index is 8.74. The molecule has 0 atom stereocenters. The van der Waals surface area contributed by atoms with Crippen molar-refractivity contribution in [2.24, 2.45) is 0 Å². The maximum Gasteiger partial charge on any atom is 2.00 e. The second kappa shape index (κ2) is 6.09. The van der Waals surface area contributed by atoms with Gasteiger partial charge >= 0.3 is 59.3 Å². The summed E-state index contributed by atoms with van der Waals surface area (Å²) in [7, 11) is -4.67. The molecule has 0 amide bonds. The van der Waals surface area contributed by atoms with Crippen LogP contribution >= 0.6 is 0 Å². The molecule has 0 aromatic rings. The normalized spacial score (nSPS) is 8.29. The predicted octanol–water partition coefficient (Wildman–Crippen LogP) is -0.811. The Morgan fingerprint density at radius 1 is 1.29 bits per heavy atom. The summed E-state index contributed by atoms with van der Waals surface area (Å²) in [6, 6.07) is 0. The van der Waals surface area contributed by atoms with Crippen LogP contribution in [-0.4, -0.2) is 66.4 Å². The molecule has 0 heterocycles. The van der Waals surface area contributed by atoms with Gasteiger partial charge < -0.3 is 2.85 Å². The van der Waals surface area contributed by atoms with Crippen LogP contribution < -0.4 is 0 Å². The molecule has 0 rings (SSSR count). The van der Waals surface area contributed by atoms with Crippen LogP contribution in [0.4, 0.5) is 0 Å². The van der Waals surface area contributed by atoms with Gasteiger partial charge in [0.25, 0.3) is 0 Å². The molecule has 2 N–H and O–H groups in total. The molecule has 0 unspecified atom stereocenters. The molecule has 47 valence electrons. The van der Waals surface area contributed by atoms with Crippen LogP contribution in [0.5, 0.6) is 0 Å². The minimum atomic E-state index is -4.67. The van der Waals surface area contributed by atoms with Crippen molar-refractivity contribution in [2.75, 3.05) is 0 Å². The van der Waals surface area contributed by atoms with Gasteiger partial charge in [0.05, 0.1) is 0 Å². The topological polar surface area (TPSA) is 74.6 Å². The third kappa shape index (κ3) is 73.6. The third-order valence-corrected chi connectivity index (χ3v) is 0. The van der Waals surface area contributed by atoms with E-state index >= 15 is 0 Å². The van der Waals surface area contributed by atoms with Crippen LogP contribution in [-0.2, 0) is 27.5 Å². The molecule has 0 aromatic heterocycles. The second-order valence-corrected chi connectivity index (χ2v) is 1.34. The van der Waals surface area contributed by atoms with Crippen molar-refractivity contribution in [3.63, 3.8) is 0 Å². The molecule has 1 radical (unpaired) electrons. The van der Waals surface area contributed by atoms with E-state index < -0.39 is 10.4 Å². The summed E-state index contributed by atoms with van der Waals surface area (Å²) in [4.78, 5) is 0. The quantitative estimate of drug-likeness (QED) is 0.453. The van der Waals surface area contributed by atoms with Crippen LogP contribution in [0.2, 0.25) is 0 Å². The zero-order chi connectivity index (χ0) is 4.50. The number of hydrogen-bond donors (Lipinski definition) is 2. The Hall–Kier alpha value is 1.96. The molecule has 7 heteroatoms. The van der Waals surface area contributed by atoms with Crippen LogP contribution in [0.15, 0.2) is 0 Å². The van der Waals surface area contributed by atoms with E-state index in [9.17, 15) is 0 Å². The Morgan fingerprint density at radius 3 is 1.29 bits per heavy atom. The first-order chi connectivity index (χ1) is 2.00. The molecule has 0 saturated heterocycles. The van der Waals surface area contributed by atoms with E-state index in [0.717, 1.165) is 0 Å². The monoisotopic (exact) mass is 301 g/mol. The Balaban J connectivity index is -0.0000000133. The van der Waals surface area contributed by atoms with Crippen LogP contribution in [0.1, 0.15) is 2.85 Å². The zero-order valence-corrected chi connectivity index (χ0v) is 9.33. The smallest absolute Gasteiger partial charge is 1.00 e. The van der Waals surface area contributed by atoms with Gasteiger partial charge in [0.1, 0.15) is 0 Å². The van der Waals surface area contributed by atoms with Crippen LogP contribution in [0.3, 0.4) is 0 Å². The average Bonchev–Trinajstić information content (AvgIpc) is 0.722. The molecule has 0 aromatic carbocycles. The molecular formula is H4BaCuO4S. The van der Waals surface area contributed by atoms with Crippen molar-refractivity contribution in [2.45, 2.75) is 0 Å². The molecule has 7 heavy (non-hydrogen) atoms. The van der Waals surface area contributed by atoms with E-state index in [1.54, 1.807) is 0 Å². The first-order valence-corrected chi connectivity index (χ1v) is 2.10. The van der Waals surface area contributed by atoms with Crippen LogP contribution in [0, 0.1) is 0 Å². The van der Waals surface area contributed by atoms with E-state index in [1.165, 1.54) is 0 Å².